The lowest BCUT2D eigenvalue weighted by Gasteiger charge is -1.98. The van der Waals surface area contributed by atoms with E-state index in [1.165, 1.54) is 5.56 Å². The maximum atomic E-state index is 10.0. The predicted octanol–water partition coefficient (Wildman–Crippen LogP) is 2.38. The van der Waals surface area contributed by atoms with Crippen molar-refractivity contribution >= 4 is 6.29 Å². The number of hydrogen-bond acceptors (Lipinski definition) is 2. The van der Waals surface area contributed by atoms with Gasteiger partial charge >= 0.3 is 0 Å². The molecule has 0 spiro atoms. The molecule has 1 rings (SSSR count). The molecule has 2 heteroatoms. The molecular formula is C11H15NO. The van der Waals surface area contributed by atoms with Crippen LogP contribution in [-0.2, 0) is 11.2 Å². The lowest BCUT2D eigenvalue weighted by molar-refractivity contribution is -0.107. The summed E-state index contributed by atoms with van der Waals surface area (Å²) in [6.07, 6.45) is 9.76. The van der Waals surface area contributed by atoms with Gasteiger partial charge in [-0.15, -0.1) is 0 Å². The Morgan fingerprint density at radius 2 is 2.23 bits per heavy atom. The standard InChI is InChI=1S/C11H15NO/c13-9-4-2-1-3-6-11-7-5-8-12-10-11/h5,7-10H,1-4,6H2. The van der Waals surface area contributed by atoms with Crippen LogP contribution in [0.25, 0.3) is 0 Å². The third-order valence-corrected chi connectivity index (χ3v) is 2.01. The molecule has 0 aliphatic heterocycles. The molecule has 70 valence electrons. The van der Waals surface area contributed by atoms with Crippen molar-refractivity contribution in [2.24, 2.45) is 0 Å². The van der Waals surface area contributed by atoms with Crippen LogP contribution in [0.3, 0.4) is 0 Å². The number of rotatable bonds is 6. The molecule has 0 unspecified atom stereocenters. The fourth-order valence-electron chi connectivity index (χ4n) is 1.28. The smallest absolute Gasteiger partial charge is 0.119 e. The van der Waals surface area contributed by atoms with E-state index in [1.54, 1.807) is 6.20 Å². The molecule has 0 saturated carbocycles. The molecule has 0 fully saturated rings. The Kier molecular flexibility index (Phi) is 4.84. The van der Waals surface area contributed by atoms with Crippen molar-refractivity contribution in [3.05, 3.63) is 30.1 Å². The summed E-state index contributed by atoms with van der Waals surface area (Å²) in [5, 5.41) is 0. The molecule has 0 N–H and O–H groups in total. The van der Waals surface area contributed by atoms with Crippen LogP contribution in [0.5, 0.6) is 0 Å². The van der Waals surface area contributed by atoms with Crippen molar-refractivity contribution in [2.75, 3.05) is 0 Å². The van der Waals surface area contributed by atoms with Crippen molar-refractivity contribution in [2.45, 2.75) is 32.1 Å². The highest BCUT2D eigenvalue weighted by Crippen LogP contribution is 2.05. The third-order valence-electron chi connectivity index (χ3n) is 2.01. The van der Waals surface area contributed by atoms with Crippen LogP contribution < -0.4 is 0 Å². The van der Waals surface area contributed by atoms with Gasteiger partial charge < -0.3 is 4.79 Å². The second kappa shape index (κ2) is 6.35. The van der Waals surface area contributed by atoms with E-state index >= 15 is 0 Å². The highest BCUT2D eigenvalue weighted by atomic mass is 16.1. The number of aldehydes is 1. The minimum atomic E-state index is 0.701. The summed E-state index contributed by atoms with van der Waals surface area (Å²) in [7, 11) is 0. The van der Waals surface area contributed by atoms with Gasteiger partial charge in [0.2, 0.25) is 0 Å². The SMILES string of the molecule is O=CCCCCCc1cccnc1. The Morgan fingerprint density at radius 1 is 1.31 bits per heavy atom. The van der Waals surface area contributed by atoms with Crippen LogP contribution in [0, 0.1) is 0 Å². The number of nitrogens with zero attached hydrogens (tertiary/aromatic N) is 1. The van der Waals surface area contributed by atoms with Crippen LogP contribution in [0.15, 0.2) is 24.5 Å². The van der Waals surface area contributed by atoms with Gasteiger partial charge in [0, 0.05) is 18.8 Å². The van der Waals surface area contributed by atoms with Crippen molar-refractivity contribution in [3.63, 3.8) is 0 Å². The molecule has 0 saturated heterocycles. The first kappa shape index (κ1) is 9.90. The third kappa shape index (κ3) is 4.41. The van der Waals surface area contributed by atoms with Crippen LogP contribution >= 0.6 is 0 Å². The van der Waals surface area contributed by atoms with E-state index in [1.807, 2.05) is 12.3 Å². The molecular weight excluding hydrogens is 162 g/mol. The van der Waals surface area contributed by atoms with Crippen molar-refractivity contribution < 1.29 is 4.79 Å². The molecule has 1 heterocycles. The molecule has 1 aromatic heterocycles. The second-order valence-corrected chi connectivity index (χ2v) is 3.13. The van der Waals surface area contributed by atoms with E-state index in [0.717, 1.165) is 32.0 Å². The van der Waals surface area contributed by atoms with Crippen LogP contribution in [0.1, 0.15) is 31.2 Å². The normalized spacial score (nSPS) is 9.85. The van der Waals surface area contributed by atoms with Gasteiger partial charge in [-0.05, 0) is 30.9 Å². The Morgan fingerprint density at radius 3 is 2.92 bits per heavy atom. The lowest BCUT2D eigenvalue weighted by Crippen LogP contribution is -1.86. The zero-order chi connectivity index (χ0) is 9.36. The minimum Gasteiger partial charge on any atom is -0.303 e. The zero-order valence-electron chi connectivity index (χ0n) is 7.78. The first-order valence-corrected chi connectivity index (χ1v) is 4.76. The van der Waals surface area contributed by atoms with Gasteiger partial charge in [-0.1, -0.05) is 12.5 Å². The summed E-state index contributed by atoms with van der Waals surface area (Å²) in [5.41, 5.74) is 1.29. The Bertz CT molecular complexity index is 233. The molecule has 0 aromatic carbocycles. The largest absolute Gasteiger partial charge is 0.303 e. The van der Waals surface area contributed by atoms with E-state index < -0.39 is 0 Å². The molecule has 0 aliphatic rings. The second-order valence-electron chi connectivity index (χ2n) is 3.13. The molecule has 0 aliphatic carbocycles. The summed E-state index contributed by atoms with van der Waals surface area (Å²) < 4.78 is 0. The number of carbonyl (C=O) groups excluding carboxylic acids is 1. The number of unbranched alkanes of at least 4 members (excludes halogenated alkanes) is 3. The summed E-state index contributed by atoms with van der Waals surface area (Å²) in [6.45, 7) is 0. The summed E-state index contributed by atoms with van der Waals surface area (Å²) in [6, 6.07) is 4.05. The fraction of sp³-hybridized carbons (Fsp3) is 0.455. The van der Waals surface area contributed by atoms with Gasteiger partial charge in [0.25, 0.3) is 0 Å². The Balaban J connectivity index is 2.10. The number of aromatic nitrogens is 1. The van der Waals surface area contributed by atoms with E-state index in [4.69, 9.17) is 0 Å². The lowest BCUT2D eigenvalue weighted by atomic mass is 10.1. The molecule has 0 amide bonds. The van der Waals surface area contributed by atoms with E-state index in [-0.39, 0.29) is 0 Å². The van der Waals surface area contributed by atoms with Gasteiger partial charge in [0.1, 0.15) is 6.29 Å². The van der Waals surface area contributed by atoms with Gasteiger partial charge in [-0.3, -0.25) is 4.98 Å². The van der Waals surface area contributed by atoms with Crippen LogP contribution in [0.2, 0.25) is 0 Å². The molecule has 0 atom stereocenters. The van der Waals surface area contributed by atoms with Crippen LogP contribution in [0.4, 0.5) is 0 Å². The van der Waals surface area contributed by atoms with Crippen LogP contribution in [-0.4, -0.2) is 11.3 Å². The van der Waals surface area contributed by atoms with E-state index in [2.05, 4.69) is 11.1 Å². The van der Waals surface area contributed by atoms with Crippen molar-refractivity contribution in [1.82, 2.24) is 4.98 Å². The fourth-order valence-corrected chi connectivity index (χ4v) is 1.28. The number of aryl methyl sites for hydroxylation is 1. The highest BCUT2D eigenvalue weighted by Gasteiger charge is 1.92. The van der Waals surface area contributed by atoms with Crippen molar-refractivity contribution in [3.8, 4) is 0 Å². The van der Waals surface area contributed by atoms with Gasteiger partial charge in [0.15, 0.2) is 0 Å². The Hall–Kier alpha value is -1.18. The molecule has 13 heavy (non-hydrogen) atoms. The zero-order valence-corrected chi connectivity index (χ0v) is 7.78. The molecule has 2 nitrogen and oxygen atoms in total. The first-order chi connectivity index (χ1) is 6.43. The van der Waals surface area contributed by atoms with E-state index in [9.17, 15) is 4.79 Å². The summed E-state index contributed by atoms with van der Waals surface area (Å²) in [5.74, 6) is 0. The van der Waals surface area contributed by atoms with Crippen molar-refractivity contribution in [1.29, 1.82) is 0 Å². The topological polar surface area (TPSA) is 30.0 Å². The number of hydrogen-bond donors (Lipinski definition) is 0. The minimum absolute atomic E-state index is 0.701. The quantitative estimate of drug-likeness (QED) is 0.493. The van der Waals surface area contributed by atoms with E-state index in [0.29, 0.717) is 6.42 Å². The Labute approximate surface area is 79.0 Å². The predicted molar refractivity (Wildman–Crippen MR) is 52.5 cm³/mol. The maximum absolute atomic E-state index is 10.0. The average molecular weight is 177 g/mol. The van der Waals surface area contributed by atoms with Gasteiger partial charge in [-0.25, -0.2) is 0 Å². The van der Waals surface area contributed by atoms with Gasteiger partial charge in [0.05, 0.1) is 0 Å². The monoisotopic (exact) mass is 177 g/mol. The summed E-state index contributed by atoms with van der Waals surface area (Å²) in [4.78, 5) is 14.1. The molecule has 1 aromatic rings. The maximum Gasteiger partial charge on any atom is 0.119 e. The average Bonchev–Trinajstić information content (AvgIpc) is 2.19. The summed E-state index contributed by atoms with van der Waals surface area (Å²) >= 11 is 0. The molecule has 0 radical (unpaired) electrons. The highest BCUT2D eigenvalue weighted by molar-refractivity contribution is 5.48. The van der Waals surface area contributed by atoms with Gasteiger partial charge in [-0.2, -0.15) is 0 Å². The number of carbonyl (C=O) groups is 1. The molecule has 0 bridgehead atoms. The first-order valence-electron chi connectivity index (χ1n) is 4.76. The number of pyridine rings is 1.